The molecule has 1 aliphatic rings. The van der Waals surface area contributed by atoms with Gasteiger partial charge >= 0.3 is 6.03 Å². The van der Waals surface area contributed by atoms with Crippen LogP contribution in [-0.2, 0) is 17.7 Å². The van der Waals surface area contributed by atoms with E-state index in [1.807, 2.05) is 47.3 Å². The maximum atomic E-state index is 12.8. The quantitative estimate of drug-likeness (QED) is 0.703. The zero-order valence-corrected chi connectivity index (χ0v) is 16.9. The molecule has 7 heteroatoms. The molecule has 1 aliphatic heterocycles. The molecule has 1 aromatic carbocycles. The molecule has 2 atom stereocenters. The summed E-state index contributed by atoms with van der Waals surface area (Å²) in [6, 6.07) is 11.3. The minimum absolute atomic E-state index is 0.102. The summed E-state index contributed by atoms with van der Waals surface area (Å²) in [5.74, 6) is 0.544. The molecule has 2 bridgehead atoms. The molecule has 0 spiro atoms. The van der Waals surface area contributed by atoms with Crippen LogP contribution in [0.3, 0.4) is 0 Å². The lowest BCUT2D eigenvalue weighted by Gasteiger charge is -2.28. The van der Waals surface area contributed by atoms with Crippen LogP contribution in [0, 0.1) is 0 Å². The summed E-state index contributed by atoms with van der Waals surface area (Å²) < 4.78 is 8.16. The van der Waals surface area contributed by atoms with Gasteiger partial charge in [0.25, 0.3) is 0 Å². The molecule has 2 aromatic heterocycles. The standard InChI is InChI=1S/C22H27N5O2/c1-3-18-20(15-9-6-5-7-10-15)26-22(28)25-19-13-16-14-23-27(4-2)21(16)17(24-19)11-8-12-29-18/h5-7,9-10,13-14,18,20H,3-4,8,11-12H2,1-2H3,(H2,24,25,26,28). The lowest BCUT2D eigenvalue weighted by atomic mass is 9.99. The largest absolute Gasteiger partial charge is 0.376 e. The second-order valence-electron chi connectivity index (χ2n) is 7.26. The normalized spacial score (nSPS) is 20.4. The minimum atomic E-state index is -0.290. The fourth-order valence-electron chi connectivity index (χ4n) is 3.95. The Morgan fingerprint density at radius 1 is 1.24 bits per heavy atom. The molecule has 0 saturated heterocycles. The van der Waals surface area contributed by atoms with Crippen LogP contribution in [-0.4, -0.2) is 33.5 Å². The maximum absolute atomic E-state index is 12.8. The molecule has 29 heavy (non-hydrogen) atoms. The average molecular weight is 393 g/mol. The van der Waals surface area contributed by atoms with Crippen LogP contribution in [0.2, 0.25) is 0 Å². The molecular formula is C22H27N5O2. The lowest BCUT2D eigenvalue weighted by molar-refractivity contribution is 0.0249. The number of ether oxygens (including phenoxy) is 1. The molecule has 0 aliphatic carbocycles. The van der Waals surface area contributed by atoms with Crippen molar-refractivity contribution >= 4 is 22.8 Å². The van der Waals surface area contributed by atoms with Crippen molar-refractivity contribution in [1.29, 1.82) is 0 Å². The van der Waals surface area contributed by atoms with E-state index in [4.69, 9.17) is 9.72 Å². The summed E-state index contributed by atoms with van der Waals surface area (Å²) >= 11 is 0. The predicted octanol–water partition coefficient (Wildman–Crippen LogP) is 4.06. The number of nitrogens with one attached hydrogen (secondary N) is 2. The van der Waals surface area contributed by atoms with Crippen LogP contribution >= 0.6 is 0 Å². The lowest BCUT2D eigenvalue weighted by Crippen LogP contribution is -2.40. The van der Waals surface area contributed by atoms with Gasteiger partial charge in [-0.15, -0.1) is 0 Å². The van der Waals surface area contributed by atoms with Gasteiger partial charge in [0.1, 0.15) is 5.82 Å². The zero-order valence-electron chi connectivity index (χ0n) is 16.9. The Bertz CT molecular complexity index is 986. The number of urea groups is 1. The third-order valence-corrected chi connectivity index (χ3v) is 5.34. The van der Waals surface area contributed by atoms with E-state index in [0.717, 1.165) is 48.0 Å². The fourth-order valence-corrected chi connectivity index (χ4v) is 3.95. The van der Waals surface area contributed by atoms with Crippen LogP contribution in [0.1, 0.15) is 44.0 Å². The number of amides is 2. The van der Waals surface area contributed by atoms with Gasteiger partial charge in [-0.1, -0.05) is 37.3 Å². The molecule has 3 aromatic rings. The number of fused-ring (bicyclic) bond motifs is 4. The summed E-state index contributed by atoms with van der Waals surface area (Å²) in [7, 11) is 0. The summed E-state index contributed by atoms with van der Waals surface area (Å²) in [6.07, 6.45) is 4.15. The number of carbonyl (C=O) groups is 1. The molecule has 0 radical (unpaired) electrons. The average Bonchev–Trinajstić information content (AvgIpc) is 3.15. The smallest absolute Gasteiger partial charge is 0.320 e. The van der Waals surface area contributed by atoms with Gasteiger partial charge in [-0.25, -0.2) is 9.78 Å². The summed E-state index contributed by atoms with van der Waals surface area (Å²) in [5, 5.41) is 11.4. The summed E-state index contributed by atoms with van der Waals surface area (Å²) in [5.41, 5.74) is 3.00. The Morgan fingerprint density at radius 2 is 2.07 bits per heavy atom. The van der Waals surface area contributed by atoms with E-state index in [1.165, 1.54) is 0 Å². The van der Waals surface area contributed by atoms with E-state index in [1.54, 1.807) is 0 Å². The van der Waals surface area contributed by atoms with E-state index >= 15 is 0 Å². The van der Waals surface area contributed by atoms with Gasteiger partial charge in [0.15, 0.2) is 0 Å². The van der Waals surface area contributed by atoms with Gasteiger partial charge in [0, 0.05) is 18.5 Å². The molecule has 2 unspecified atom stereocenters. The first-order valence-electron chi connectivity index (χ1n) is 10.3. The number of benzene rings is 1. The summed E-state index contributed by atoms with van der Waals surface area (Å²) in [4.78, 5) is 17.5. The number of pyridine rings is 1. The Kier molecular flexibility index (Phi) is 5.76. The Balaban J connectivity index is 1.69. The number of anilines is 1. The van der Waals surface area contributed by atoms with E-state index in [-0.39, 0.29) is 18.2 Å². The molecule has 2 N–H and O–H groups in total. The second-order valence-corrected chi connectivity index (χ2v) is 7.26. The van der Waals surface area contributed by atoms with Gasteiger partial charge in [0.2, 0.25) is 0 Å². The number of aromatic nitrogens is 3. The van der Waals surface area contributed by atoms with Crippen molar-refractivity contribution in [2.24, 2.45) is 0 Å². The molecule has 2 amide bonds. The minimum Gasteiger partial charge on any atom is -0.376 e. The third kappa shape index (κ3) is 4.10. The number of carbonyl (C=O) groups excluding carboxylic acids is 1. The highest BCUT2D eigenvalue weighted by molar-refractivity contribution is 5.92. The molecule has 7 nitrogen and oxygen atoms in total. The number of hydrogen-bond acceptors (Lipinski definition) is 4. The van der Waals surface area contributed by atoms with Gasteiger partial charge in [-0.05, 0) is 37.8 Å². The Morgan fingerprint density at radius 3 is 2.83 bits per heavy atom. The van der Waals surface area contributed by atoms with E-state index in [2.05, 4.69) is 29.6 Å². The van der Waals surface area contributed by atoms with Crippen molar-refractivity contribution in [1.82, 2.24) is 20.1 Å². The Labute approximate surface area is 170 Å². The fraction of sp³-hybridized carbons (Fsp3) is 0.409. The van der Waals surface area contributed by atoms with Gasteiger partial charge in [-0.2, -0.15) is 5.10 Å². The highest BCUT2D eigenvalue weighted by atomic mass is 16.5. The van der Waals surface area contributed by atoms with Crippen LogP contribution in [0.5, 0.6) is 0 Å². The summed E-state index contributed by atoms with van der Waals surface area (Å²) in [6.45, 7) is 5.53. The van der Waals surface area contributed by atoms with Crippen molar-refractivity contribution < 1.29 is 9.53 Å². The first-order chi connectivity index (χ1) is 14.2. The Hall–Kier alpha value is -2.93. The van der Waals surface area contributed by atoms with Crippen LogP contribution in [0.15, 0.2) is 42.6 Å². The van der Waals surface area contributed by atoms with E-state index in [0.29, 0.717) is 12.4 Å². The number of nitrogens with zero attached hydrogens (tertiary/aromatic N) is 3. The topological polar surface area (TPSA) is 81.1 Å². The highest BCUT2D eigenvalue weighted by Crippen LogP contribution is 2.25. The first-order valence-corrected chi connectivity index (χ1v) is 10.3. The van der Waals surface area contributed by atoms with Crippen molar-refractivity contribution in [2.75, 3.05) is 11.9 Å². The molecule has 4 rings (SSSR count). The van der Waals surface area contributed by atoms with Crippen molar-refractivity contribution in [3.05, 3.63) is 53.9 Å². The van der Waals surface area contributed by atoms with Crippen LogP contribution in [0.25, 0.3) is 10.9 Å². The second kappa shape index (κ2) is 8.61. The number of hydrogen-bond donors (Lipinski definition) is 2. The highest BCUT2D eigenvalue weighted by Gasteiger charge is 2.25. The van der Waals surface area contributed by atoms with Crippen molar-refractivity contribution in [3.63, 3.8) is 0 Å². The zero-order chi connectivity index (χ0) is 20.2. The van der Waals surface area contributed by atoms with Gasteiger partial charge in [0.05, 0.1) is 29.6 Å². The molecule has 0 saturated carbocycles. The van der Waals surface area contributed by atoms with Crippen LogP contribution < -0.4 is 10.6 Å². The van der Waals surface area contributed by atoms with E-state index in [9.17, 15) is 4.79 Å². The van der Waals surface area contributed by atoms with Crippen LogP contribution in [0.4, 0.5) is 10.6 Å². The maximum Gasteiger partial charge on any atom is 0.320 e. The number of rotatable bonds is 3. The SMILES string of the molecule is CCC1OCCCc2nc(cc3cnn(CC)c23)NC(=O)NC1c1ccccc1. The molecule has 0 fully saturated rings. The van der Waals surface area contributed by atoms with Crippen molar-refractivity contribution in [3.8, 4) is 0 Å². The van der Waals surface area contributed by atoms with Gasteiger partial charge in [-0.3, -0.25) is 10.00 Å². The molecular weight excluding hydrogens is 366 g/mol. The first kappa shape index (κ1) is 19.4. The molecule has 3 heterocycles. The predicted molar refractivity (Wildman–Crippen MR) is 113 cm³/mol. The third-order valence-electron chi connectivity index (χ3n) is 5.34. The van der Waals surface area contributed by atoms with Gasteiger partial charge < -0.3 is 10.1 Å². The van der Waals surface area contributed by atoms with E-state index < -0.39 is 0 Å². The molecule has 152 valence electrons. The number of aryl methyl sites for hydroxylation is 2. The monoisotopic (exact) mass is 393 g/mol. The van der Waals surface area contributed by atoms with Crippen molar-refractivity contribution in [2.45, 2.75) is 51.8 Å².